The quantitative estimate of drug-likeness (QED) is 0.698. The molecule has 1 heterocycles. The van der Waals surface area contributed by atoms with Gasteiger partial charge >= 0.3 is 5.97 Å². The molecule has 0 spiro atoms. The van der Waals surface area contributed by atoms with Crippen molar-refractivity contribution in [3.63, 3.8) is 0 Å². The third-order valence-corrected chi connectivity index (χ3v) is 6.35. The molecule has 0 atom stereocenters. The molecule has 0 unspecified atom stereocenters. The summed E-state index contributed by atoms with van der Waals surface area (Å²) in [7, 11) is 0. The van der Waals surface area contributed by atoms with Crippen LogP contribution in [0.4, 0.5) is 0 Å². The van der Waals surface area contributed by atoms with Gasteiger partial charge in [0.25, 0.3) is 0 Å². The Hall–Kier alpha value is -2.91. The van der Waals surface area contributed by atoms with Gasteiger partial charge in [0.2, 0.25) is 0 Å². The molecular weight excluding hydrogens is 346 g/mol. The van der Waals surface area contributed by atoms with Crippen molar-refractivity contribution < 1.29 is 9.90 Å². The van der Waals surface area contributed by atoms with E-state index >= 15 is 0 Å². The molecule has 5 nitrogen and oxygen atoms in total. The van der Waals surface area contributed by atoms with E-state index in [0.29, 0.717) is 23.4 Å². The molecule has 0 aliphatic heterocycles. The summed E-state index contributed by atoms with van der Waals surface area (Å²) in [5.41, 5.74) is 2.31. The minimum Gasteiger partial charge on any atom is -0.480 e. The molecule has 1 fully saturated rings. The van der Waals surface area contributed by atoms with Crippen LogP contribution in [-0.2, 0) is 4.79 Å². The largest absolute Gasteiger partial charge is 0.480 e. The van der Waals surface area contributed by atoms with Crippen molar-refractivity contribution in [2.24, 2.45) is 0 Å². The van der Waals surface area contributed by atoms with E-state index in [4.69, 9.17) is 0 Å². The number of fused-ring (bicyclic) bond motifs is 1. The first-order chi connectivity index (χ1) is 12.6. The lowest BCUT2D eigenvalue weighted by Crippen LogP contribution is -2.41. The van der Waals surface area contributed by atoms with Gasteiger partial charge < -0.3 is 5.11 Å². The van der Waals surface area contributed by atoms with E-state index in [1.807, 2.05) is 30.3 Å². The van der Waals surface area contributed by atoms with Crippen molar-refractivity contribution in [2.45, 2.75) is 29.0 Å². The van der Waals surface area contributed by atoms with Crippen LogP contribution in [0.3, 0.4) is 0 Å². The Morgan fingerprint density at radius 3 is 2.58 bits per heavy atom. The van der Waals surface area contributed by atoms with Gasteiger partial charge in [-0.3, -0.25) is 4.79 Å². The molecule has 128 valence electrons. The Morgan fingerprint density at radius 1 is 1.15 bits per heavy atom. The molecule has 1 aromatic heterocycles. The van der Waals surface area contributed by atoms with Crippen LogP contribution in [0.5, 0.6) is 0 Å². The highest BCUT2D eigenvalue weighted by molar-refractivity contribution is 8.01. The van der Waals surface area contributed by atoms with E-state index in [2.05, 4.69) is 16.0 Å². The Morgan fingerprint density at radius 2 is 1.92 bits per heavy atom. The molecule has 1 saturated carbocycles. The number of nitrogens with zero attached hydrogens (tertiary/aromatic N) is 3. The number of thioether (sulfide) groups is 1. The number of carbonyl (C=O) groups is 1. The number of aliphatic carboxylic acids is 1. The van der Waals surface area contributed by atoms with Crippen molar-refractivity contribution in [3.05, 3.63) is 54.5 Å². The van der Waals surface area contributed by atoms with Crippen LogP contribution in [0.25, 0.3) is 21.9 Å². The SMILES string of the molecule is N#Cc1ccc(-c2cncnc2SC2(C(=O)O)CCC2)c2ccccc12. The lowest BCUT2D eigenvalue weighted by atomic mass is 9.84. The highest BCUT2D eigenvalue weighted by Gasteiger charge is 2.46. The average Bonchev–Trinajstić information content (AvgIpc) is 2.64. The first kappa shape index (κ1) is 16.6. The fraction of sp³-hybridized carbons (Fsp3) is 0.200. The molecule has 2 aromatic carbocycles. The summed E-state index contributed by atoms with van der Waals surface area (Å²) in [4.78, 5) is 20.3. The van der Waals surface area contributed by atoms with Crippen LogP contribution in [0, 0.1) is 11.3 Å². The Labute approximate surface area is 154 Å². The number of benzene rings is 2. The molecule has 0 amide bonds. The molecule has 4 rings (SSSR count). The molecule has 3 aromatic rings. The second-order valence-corrected chi connectivity index (χ2v) is 7.69. The number of aromatic nitrogens is 2. The second kappa shape index (κ2) is 6.43. The number of nitriles is 1. The van der Waals surface area contributed by atoms with Crippen LogP contribution in [0.1, 0.15) is 24.8 Å². The summed E-state index contributed by atoms with van der Waals surface area (Å²) < 4.78 is -0.800. The van der Waals surface area contributed by atoms with Crippen molar-refractivity contribution in [3.8, 4) is 17.2 Å². The second-order valence-electron chi connectivity index (χ2n) is 6.31. The van der Waals surface area contributed by atoms with E-state index in [9.17, 15) is 15.2 Å². The standard InChI is InChI=1S/C20H15N3O2S/c21-10-13-6-7-16(15-5-2-1-4-14(13)15)17-11-22-12-23-18(17)26-20(19(24)25)8-3-9-20/h1-2,4-7,11-12H,3,8-9H2,(H,24,25). The third kappa shape index (κ3) is 2.61. The van der Waals surface area contributed by atoms with Gasteiger partial charge in [0.15, 0.2) is 0 Å². The summed E-state index contributed by atoms with van der Waals surface area (Å²) in [6.07, 6.45) is 5.37. The number of carboxylic acid groups (broad SMARTS) is 1. The van der Waals surface area contributed by atoms with Crippen LogP contribution in [-0.4, -0.2) is 25.8 Å². The Balaban J connectivity index is 1.87. The first-order valence-electron chi connectivity index (χ1n) is 8.29. The predicted octanol–water partition coefficient (Wildman–Crippen LogP) is 4.27. The van der Waals surface area contributed by atoms with E-state index in [-0.39, 0.29) is 0 Å². The monoisotopic (exact) mass is 361 g/mol. The van der Waals surface area contributed by atoms with Crippen molar-refractivity contribution in [2.75, 3.05) is 0 Å². The van der Waals surface area contributed by atoms with Gasteiger partial charge in [0.05, 0.1) is 11.6 Å². The minimum atomic E-state index is -0.800. The van der Waals surface area contributed by atoms with Gasteiger partial charge in [-0.15, -0.1) is 0 Å². The van der Waals surface area contributed by atoms with Crippen molar-refractivity contribution in [1.82, 2.24) is 9.97 Å². The Kier molecular flexibility index (Phi) is 4.09. The first-order valence-corrected chi connectivity index (χ1v) is 9.11. The predicted molar refractivity (Wildman–Crippen MR) is 99.8 cm³/mol. The van der Waals surface area contributed by atoms with E-state index in [1.165, 1.54) is 18.1 Å². The highest BCUT2D eigenvalue weighted by Crippen LogP contribution is 2.49. The smallest absolute Gasteiger partial charge is 0.320 e. The highest BCUT2D eigenvalue weighted by atomic mass is 32.2. The van der Waals surface area contributed by atoms with Gasteiger partial charge in [0.1, 0.15) is 16.1 Å². The zero-order chi connectivity index (χ0) is 18.1. The molecule has 1 aliphatic rings. The normalized spacial score (nSPS) is 15.2. The molecule has 1 N–H and O–H groups in total. The molecule has 6 heteroatoms. The maximum absolute atomic E-state index is 11.8. The van der Waals surface area contributed by atoms with Crippen LogP contribution in [0.15, 0.2) is 53.9 Å². The van der Waals surface area contributed by atoms with Crippen molar-refractivity contribution in [1.29, 1.82) is 5.26 Å². The molecule has 1 aliphatic carbocycles. The van der Waals surface area contributed by atoms with Gasteiger partial charge in [-0.1, -0.05) is 42.1 Å². The maximum Gasteiger partial charge on any atom is 0.320 e. The number of hydrogen-bond acceptors (Lipinski definition) is 5. The van der Waals surface area contributed by atoms with Gasteiger partial charge in [-0.25, -0.2) is 9.97 Å². The lowest BCUT2D eigenvalue weighted by Gasteiger charge is -2.36. The molecular formula is C20H15N3O2S. The van der Waals surface area contributed by atoms with Gasteiger partial charge in [0, 0.05) is 17.1 Å². The summed E-state index contributed by atoms with van der Waals surface area (Å²) in [5.74, 6) is -0.789. The lowest BCUT2D eigenvalue weighted by molar-refractivity contribution is -0.142. The van der Waals surface area contributed by atoms with Crippen LogP contribution >= 0.6 is 11.8 Å². The zero-order valence-electron chi connectivity index (χ0n) is 13.8. The number of hydrogen-bond donors (Lipinski definition) is 1. The van der Waals surface area contributed by atoms with Crippen LogP contribution < -0.4 is 0 Å². The zero-order valence-corrected chi connectivity index (χ0v) is 14.7. The summed E-state index contributed by atoms with van der Waals surface area (Å²) >= 11 is 1.31. The average molecular weight is 361 g/mol. The fourth-order valence-electron chi connectivity index (χ4n) is 3.26. The number of carboxylic acids is 1. The topological polar surface area (TPSA) is 86.9 Å². The van der Waals surface area contributed by atoms with Crippen molar-refractivity contribution >= 4 is 28.5 Å². The third-order valence-electron chi connectivity index (χ3n) is 4.85. The summed E-state index contributed by atoms with van der Waals surface area (Å²) in [6.45, 7) is 0. The fourth-order valence-corrected chi connectivity index (χ4v) is 4.58. The molecule has 0 saturated heterocycles. The summed E-state index contributed by atoms with van der Waals surface area (Å²) in [6, 6.07) is 13.6. The number of rotatable bonds is 4. The van der Waals surface area contributed by atoms with Crippen LogP contribution in [0.2, 0.25) is 0 Å². The maximum atomic E-state index is 11.8. The van der Waals surface area contributed by atoms with Gasteiger partial charge in [-0.05, 0) is 36.3 Å². The molecule has 0 radical (unpaired) electrons. The van der Waals surface area contributed by atoms with E-state index < -0.39 is 10.7 Å². The molecule has 26 heavy (non-hydrogen) atoms. The van der Waals surface area contributed by atoms with E-state index in [0.717, 1.165) is 28.3 Å². The van der Waals surface area contributed by atoms with Gasteiger partial charge in [-0.2, -0.15) is 5.26 Å². The molecule has 0 bridgehead atoms. The minimum absolute atomic E-state index is 0.608. The van der Waals surface area contributed by atoms with E-state index in [1.54, 1.807) is 12.3 Å². The summed E-state index contributed by atoms with van der Waals surface area (Å²) in [5, 5.41) is 21.5. The Bertz CT molecular complexity index is 1050.